The molecule has 24 heavy (non-hydrogen) atoms. The smallest absolute Gasteiger partial charge is 0.408 e. The molecule has 0 bridgehead atoms. The maximum atomic E-state index is 11.6. The molecule has 8 heteroatoms. The van der Waals surface area contributed by atoms with Crippen LogP contribution in [0.3, 0.4) is 0 Å². The summed E-state index contributed by atoms with van der Waals surface area (Å²) in [4.78, 5) is 34.1. The lowest BCUT2D eigenvalue weighted by molar-refractivity contribution is -0.147. The quantitative estimate of drug-likeness (QED) is 0.188. The predicted molar refractivity (Wildman–Crippen MR) is 92.6 cm³/mol. The van der Waals surface area contributed by atoms with Crippen molar-refractivity contribution in [3.63, 3.8) is 0 Å². The molecule has 0 spiro atoms. The van der Waals surface area contributed by atoms with Crippen LogP contribution in [0.1, 0.15) is 33.6 Å². The number of nitrogens with one attached hydrogen (secondary N) is 1. The molecule has 0 heterocycles. The number of thioether (sulfide) groups is 1. The third-order valence-corrected chi connectivity index (χ3v) is 3.76. The fourth-order valence-corrected chi connectivity index (χ4v) is 2.09. The molecule has 1 unspecified atom stereocenters. The van der Waals surface area contributed by atoms with Gasteiger partial charge in [0.2, 0.25) is 0 Å². The molecule has 0 aliphatic carbocycles. The molecule has 0 rings (SSSR count). The third-order valence-electron chi connectivity index (χ3n) is 2.74. The minimum Gasteiger partial charge on any atom is -0.465 e. The van der Waals surface area contributed by atoms with Gasteiger partial charge in [-0.2, -0.15) is 0 Å². The molecule has 0 aliphatic rings. The number of ether oxygens (including phenoxy) is 3. The largest absolute Gasteiger partial charge is 0.465 e. The van der Waals surface area contributed by atoms with E-state index < -0.39 is 12.1 Å². The number of alkyl carbamates (subject to hydrolysis) is 1. The van der Waals surface area contributed by atoms with Crippen molar-refractivity contribution in [1.82, 2.24) is 5.32 Å². The zero-order chi connectivity index (χ0) is 18.4. The minimum atomic E-state index is -0.605. The van der Waals surface area contributed by atoms with E-state index in [1.54, 1.807) is 13.8 Å². The van der Waals surface area contributed by atoms with Gasteiger partial charge in [0.15, 0.2) is 0 Å². The highest BCUT2D eigenvalue weighted by atomic mass is 32.2. The lowest BCUT2D eigenvalue weighted by atomic mass is 10.2. The molecule has 0 saturated carbocycles. The maximum absolute atomic E-state index is 11.6. The second-order valence-corrected chi connectivity index (χ2v) is 6.16. The van der Waals surface area contributed by atoms with Crippen LogP contribution in [0.5, 0.6) is 0 Å². The van der Waals surface area contributed by atoms with Crippen molar-refractivity contribution < 1.29 is 28.6 Å². The molecule has 1 N–H and O–H groups in total. The van der Waals surface area contributed by atoms with Gasteiger partial charge in [-0.05, 0) is 13.3 Å². The first-order valence-corrected chi connectivity index (χ1v) is 9.01. The SMILES string of the molecule is C=C(C)C(=O)OCCNC(=O)OCSCC(C)C(=O)OCCCC. The molecule has 1 amide bonds. The van der Waals surface area contributed by atoms with Crippen LogP contribution in [0.4, 0.5) is 4.79 Å². The number of hydrogen-bond acceptors (Lipinski definition) is 7. The Kier molecular flexibility index (Phi) is 12.7. The summed E-state index contributed by atoms with van der Waals surface area (Å²) in [5.41, 5.74) is 0.302. The van der Waals surface area contributed by atoms with Crippen LogP contribution in [0, 0.1) is 5.92 Å². The number of amides is 1. The summed E-state index contributed by atoms with van der Waals surface area (Å²) in [7, 11) is 0. The van der Waals surface area contributed by atoms with Gasteiger partial charge in [-0.3, -0.25) is 4.79 Å². The molecular formula is C16H27NO6S. The average molecular weight is 361 g/mol. The van der Waals surface area contributed by atoms with Crippen molar-refractivity contribution in [1.29, 1.82) is 0 Å². The Balaban J connectivity index is 3.62. The third kappa shape index (κ3) is 11.8. The van der Waals surface area contributed by atoms with Crippen molar-refractivity contribution >= 4 is 29.8 Å². The van der Waals surface area contributed by atoms with Crippen LogP contribution in [0.15, 0.2) is 12.2 Å². The molecule has 0 aromatic carbocycles. The van der Waals surface area contributed by atoms with Gasteiger partial charge >= 0.3 is 18.0 Å². The number of esters is 2. The first-order valence-electron chi connectivity index (χ1n) is 7.86. The fourth-order valence-electron chi connectivity index (χ4n) is 1.32. The van der Waals surface area contributed by atoms with Crippen LogP contribution in [-0.2, 0) is 23.8 Å². The molecular weight excluding hydrogens is 334 g/mol. The van der Waals surface area contributed by atoms with Crippen molar-refractivity contribution in [2.75, 3.05) is 31.5 Å². The monoisotopic (exact) mass is 361 g/mol. The number of carbonyl (C=O) groups is 3. The zero-order valence-corrected chi connectivity index (χ0v) is 15.4. The van der Waals surface area contributed by atoms with E-state index in [1.165, 1.54) is 11.8 Å². The predicted octanol–water partition coefficient (Wildman–Crippen LogP) is 2.50. The van der Waals surface area contributed by atoms with E-state index in [0.717, 1.165) is 12.8 Å². The second kappa shape index (κ2) is 13.7. The number of rotatable bonds is 12. The Morgan fingerprint density at radius 2 is 1.88 bits per heavy atom. The van der Waals surface area contributed by atoms with E-state index in [0.29, 0.717) is 17.9 Å². The molecule has 0 saturated heterocycles. The molecule has 0 radical (unpaired) electrons. The standard InChI is InChI=1S/C16H27NO6S/c1-5-6-8-21-15(19)13(4)10-24-11-23-16(20)17-7-9-22-14(18)12(2)3/h13H,2,5-11H2,1,3-4H3,(H,17,20). The fraction of sp³-hybridized carbons (Fsp3) is 0.688. The summed E-state index contributed by atoms with van der Waals surface area (Å²) < 4.78 is 14.8. The molecule has 1 atom stereocenters. The highest BCUT2D eigenvalue weighted by molar-refractivity contribution is 7.99. The van der Waals surface area contributed by atoms with Crippen LogP contribution >= 0.6 is 11.8 Å². The van der Waals surface area contributed by atoms with E-state index >= 15 is 0 Å². The van der Waals surface area contributed by atoms with Crippen molar-refractivity contribution in [2.24, 2.45) is 5.92 Å². The van der Waals surface area contributed by atoms with E-state index in [1.807, 2.05) is 6.92 Å². The van der Waals surface area contributed by atoms with Gasteiger partial charge < -0.3 is 19.5 Å². The Hall–Kier alpha value is -1.70. The molecule has 0 fully saturated rings. The van der Waals surface area contributed by atoms with Gasteiger partial charge in [0.1, 0.15) is 12.5 Å². The highest BCUT2D eigenvalue weighted by Crippen LogP contribution is 2.10. The van der Waals surface area contributed by atoms with E-state index in [9.17, 15) is 14.4 Å². The molecule has 0 aliphatic heterocycles. The van der Waals surface area contributed by atoms with E-state index in [2.05, 4.69) is 11.9 Å². The van der Waals surface area contributed by atoms with Crippen molar-refractivity contribution in [3.8, 4) is 0 Å². The highest BCUT2D eigenvalue weighted by Gasteiger charge is 2.14. The Labute approximate surface area is 147 Å². The van der Waals surface area contributed by atoms with E-state index in [4.69, 9.17) is 14.2 Å². The molecule has 7 nitrogen and oxygen atoms in total. The first kappa shape index (κ1) is 22.3. The maximum Gasteiger partial charge on any atom is 0.408 e. The Morgan fingerprint density at radius 3 is 2.50 bits per heavy atom. The topological polar surface area (TPSA) is 90.9 Å². The van der Waals surface area contributed by atoms with Gasteiger partial charge in [0.25, 0.3) is 0 Å². The summed E-state index contributed by atoms with van der Waals surface area (Å²) in [6, 6.07) is 0. The summed E-state index contributed by atoms with van der Waals surface area (Å²) in [6.45, 7) is 9.44. The lowest BCUT2D eigenvalue weighted by Gasteiger charge is -2.11. The normalized spacial score (nSPS) is 11.3. The van der Waals surface area contributed by atoms with Gasteiger partial charge in [0, 0.05) is 11.3 Å². The number of unbranched alkanes of at least 4 members (excludes halogenated alkanes) is 1. The number of carbonyl (C=O) groups excluding carboxylic acids is 3. The van der Waals surface area contributed by atoms with Gasteiger partial charge in [-0.1, -0.05) is 26.8 Å². The average Bonchev–Trinajstić information content (AvgIpc) is 2.55. The van der Waals surface area contributed by atoms with Gasteiger partial charge in [0.05, 0.1) is 19.1 Å². The first-order chi connectivity index (χ1) is 11.4. The number of hydrogen-bond donors (Lipinski definition) is 1. The summed E-state index contributed by atoms with van der Waals surface area (Å²) in [5.74, 6) is -0.348. The van der Waals surface area contributed by atoms with Crippen molar-refractivity contribution in [3.05, 3.63) is 12.2 Å². The van der Waals surface area contributed by atoms with Crippen molar-refractivity contribution in [2.45, 2.75) is 33.6 Å². The van der Waals surface area contributed by atoms with Crippen LogP contribution in [0.25, 0.3) is 0 Å². The zero-order valence-electron chi connectivity index (χ0n) is 14.6. The van der Waals surface area contributed by atoms with Crippen LogP contribution < -0.4 is 5.32 Å². The summed E-state index contributed by atoms with van der Waals surface area (Å²) in [6.07, 6.45) is 1.23. The van der Waals surface area contributed by atoms with Crippen LogP contribution in [0.2, 0.25) is 0 Å². The Bertz CT molecular complexity index is 427. The van der Waals surface area contributed by atoms with Crippen LogP contribution in [-0.4, -0.2) is 49.5 Å². The minimum absolute atomic E-state index is 0.0502. The summed E-state index contributed by atoms with van der Waals surface area (Å²) in [5, 5.41) is 2.45. The van der Waals surface area contributed by atoms with E-state index in [-0.39, 0.29) is 31.0 Å². The second-order valence-electron chi connectivity index (χ2n) is 5.19. The molecule has 0 aromatic heterocycles. The Morgan fingerprint density at radius 1 is 1.17 bits per heavy atom. The summed E-state index contributed by atoms with van der Waals surface area (Å²) >= 11 is 1.32. The van der Waals surface area contributed by atoms with Gasteiger partial charge in [-0.15, -0.1) is 11.8 Å². The van der Waals surface area contributed by atoms with Gasteiger partial charge in [-0.25, -0.2) is 9.59 Å². The molecule has 0 aromatic rings. The molecule has 138 valence electrons. The lowest BCUT2D eigenvalue weighted by Crippen LogP contribution is -2.28.